The Hall–Kier alpha value is -3.63. The molecule has 0 fully saturated rings. The lowest BCUT2D eigenvalue weighted by atomic mass is 10.2. The van der Waals surface area contributed by atoms with Crippen molar-refractivity contribution in [2.45, 2.75) is 6.92 Å². The molecule has 30 heavy (non-hydrogen) atoms. The van der Waals surface area contributed by atoms with E-state index in [4.69, 9.17) is 0 Å². The fourth-order valence-electron chi connectivity index (χ4n) is 2.74. The number of amides is 1. The summed E-state index contributed by atoms with van der Waals surface area (Å²) in [5, 5.41) is 19.9. The molecule has 0 saturated carbocycles. The third-order valence-corrected chi connectivity index (χ3v) is 5.99. The monoisotopic (exact) mass is 437 g/mol. The van der Waals surface area contributed by atoms with Crippen LogP contribution in [0.5, 0.6) is 0 Å². The number of nitrogens with one attached hydrogen (secondary N) is 2. The first kappa shape index (κ1) is 19.7. The summed E-state index contributed by atoms with van der Waals surface area (Å²) < 4.78 is 0. The van der Waals surface area contributed by atoms with Crippen LogP contribution >= 0.6 is 22.7 Å². The molecule has 0 spiro atoms. The zero-order chi connectivity index (χ0) is 21.1. The van der Waals surface area contributed by atoms with E-state index in [1.807, 2.05) is 18.4 Å². The third kappa shape index (κ3) is 4.19. The molecule has 0 aliphatic rings. The van der Waals surface area contributed by atoms with Crippen LogP contribution in [0.4, 0.5) is 21.6 Å². The van der Waals surface area contributed by atoms with Gasteiger partial charge in [-0.05, 0) is 25.1 Å². The number of aromatic nitrogens is 2. The van der Waals surface area contributed by atoms with Crippen LogP contribution in [0.2, 0.25) is 0 Å². The molecular formula is C20H15N5O3S2. The SMILES string of the molecule is Cc1nc(NC(=O)c2ccccc2)sc1-c1csc(Nc2ccccc2[N+](=O)[O-])n1. The maximum atomic E-state index is 12.3. The molecule has 2 aromatic carbocycles. The maximum absolute atomic E-state index is 12.3. The molecular weight excluding hydrogens is 422 g/mol. The van der Waals surface area contributed by atoms with Crippen LogP contribution in [0, 0.1) is 17.0 Å². The first-order valence-corrected chi connectivity index (χ1v) is 10.5. The average Bonchev–Trinajstić information content (AvgIpc) is 3.35. The quantitative estimate of drug-likeness (QED) is 0.305. The minimum absolute atomic E-state index is 0.0193. The van der Waals surface area contributed by atoms with Crippen LogP contribution < -0.4 is 10.6 Å². The Morgan fingerprint density at radius 1 is 1.03 bits per heavy atom. The summed E-state index contributed by atoms with van der Waals surface area (Å²) in [7, 11) is 0. The van der Waals surface area contributed by atoms with Gasteiger partial charge in [0.25, 0.3) is 11.6 Å². The molecule has 2 N–H and O–H groups in total. The van der Waals surface area contributed by atoms with Crippen molar-refractivity contribution in [3.05, 3.63) is 81.3 Å². The van der Waals surface area contributed by atoms with Gasteiger partial charge in [-0.15, -0.1) is 11.3 Å². The lowest BCUT2D eigenvalue weighted by Gasteiger charge is -2.02. The van der Waals surface area contributed by atoms with E-state index in [1.54, 1.807) is 42.5 Å². The van der Waals surface area contributed by atoms with Gasteiger partial charge in [-0.25, -0.2) is 9.97 Å². The van der Waals surface area contributed by atoms with Gasteiger partial charge in [-0.1, -0.05) is 41.7 Å². The number of rotatable bonds is 6. The Labute approximate surface area is 179 Å². The highest BCUT2D eigenvalue weighted by molar-refractivity contribution is 7.20. The molecule has 4 aromatic rings. The van der Waals surface area contributed by atoms with Crippen LogP contribution in [0.1, 0.15) is 16.1 Å². The summed E-state index contributed by atoms with van der Waals surface area (Å²) in [6, 6.07) is 15.3. The Kier molecular flexibility index (Phi) is 5.50. The molecule has 0 bridgehead atoms. The highest BCUT2D eigenvalue weighted by Gasteiger charge is 2.17. The van der Waals surface area contributed by atoms with E-state index in [-0.39, 0.29) is 11.6 Å². The molecule has 10 heteroatoms. The second kappa shape index (κ2) is 8.39. The van der Waals surface area contributed by atoms with Gasteiger partial charge in [-0.3, -0.25) is 20.2 Å². The van der Waals surface area contributed by atoms with Crippen molar-refractivity contribution in [1.29, 1.82) is 0 Å². The number of anilines is 3. The highest BCUT2D eigenvalue weighted by Crippen LogP contribution is 2.36. The van der Waals surface area contributed by atoms with Gasteiger partial charge < -0.3 is 5.32 Å². The number of para-hydroxylation sites is 2. The number of hydrogen-bond acceptors (Lipinski definition) is 8. The van der Waals surface area contributed by atoms with Crippen LogP contribution in [0.25, 0.3) is 10.6 Å². The second-order valence-electron chi connectivity index (χ2n) is 6.19. The van der Waals surface area contributed by atoms with Crippen LogP contribution in [-0.2, 0) is 0 Å². The number of carbonyl (C=O) groups is 1. The molecule has 4 rings (SSSR count). The first-order valence-electron chi connectivity index (χ1n) is 8.81. The number of nitrogens with zero attached hydrogens (tertiary/aromatic N) is 3. The van der Waals surface area contributed by atoms with Crippen LogP contribution in [-0.4, -0.2) is 20.8 Å². The third-order valence-electron chi connectivity index (χ3n) is 4.13. The predicted molar refractivity (Wildman–Crippen MR) is 119 cm³/mol. The first-order chi connectivity index (χ1) is 14.5. The van der Waals surface area contributed by atoms with Crippen molar-refractivity contribution in [3.8, 4) is 10.6 Å². The number of nitro groups is 1. The fourth-order valence-corrected chi connectivity index (χ4v) is 4.45. The van der Waals surface area contributed by atoms with E-state index >= 15 is 0 Å². The molecule has 2 aromatic heterocycles. The van der Waals surface area contributed by atoms with Crippen LogP contribution in [0.15, 0.2) is 60.0 Å². The molecule has 150 valence electrons. The predicted octanol–water partition coefficient (Wildman–Crippen LogP) is 5.48. The van der Waals surface area contributed by atoms with Crippen LogP contribution in [0.3, 0.4) is 0 Å². The Bertz CT molecular complexity index is 1220. The van der Waals surface area contributed by atoms with E-state index in [0.29, 0.717) is 27.2 Å². The molecule has 1 amide bonds. The van der Waals surface area contributed by atoms with Gasteiger partial charge in [0, 0.05) is 17.0 Å². The Morgan fingerprint density at radius 3 is 2.53 bits per heavy atom. The van der Waals surface area contributed by atoms with E-state index in [2.05, 4.69) is 20.6 Å². The van der Waals surface area contributed by atoms with E-state index in [0.717, 1.165) is 10.6 Å². The molecule has 0 radical (unpaired) electrons. The summed E-state index contributed by atoms with van der Waals surface area (Å²) in [4.78, 5) is 32.9. The molecule has 2 heterocycles. The number of benzene rings is 2. The van der Waals surface area contributed by atoms with Gasteiger partial charge in [0.2, 0.25) is 0 Å². The van der Waals surface area contributed by atoms with Crippen molar-refractivity contribution >= 4 is 50.2 Å². The van der Waals surface area contributed by atoms with Crippen molar-refractivity contribution in [2.24, 2.45) is 0 Å². The number of nitro benzene ring substituents is 1. The van der Waals surface area contributed by atoms with E-state index in [1.165, 1.54) is 28.7 Å². The summed E-state index contributed by atoms with van der Waals surface area (Å²) in [5.74, 6) is -0.229. The van der Waals surface area contributed by atoms with Crippen molar-refractivity contribution in [1.82, 2.24) is 9.97 Å². The van der Waals surface area contributed by atoms with Gasteiger partial charge >= 0.3 is 0 Å². The average molecular weight is 438 g/mol. The summed E-state index contributed by atoms with van der Waals surface area (Å²) in [6.45, 7) is 1.85. The second-order valence-corrected chi connectivity index (χ2v) is 8.05. The molecule has 0 unspecified atom stereocenters. The summed E-state index contributed by atoms with van der Waals surface area (Å²) in [5.41, 5.74) is 2.34. The largest absolute Gasteiger partial charge is 0.326 e. The zero-order valence-corrected chi connectivity index (χ0v) is 17.3. The summed E-state index contributed by atoms with van der Waals surface area (Å²) >= 11 is 2.66. The summed E-state index contributed by atoms with van der Waals surface area (Å²) in [6.07, 6.45) is 0. The Balaban J connectivity index is 1.53. The number of hydrogen-bond donors (Lipinski definition) is 2. The van der Waals surface area contributed by atoms with Gasteiger partial charge in [0.05, 0.1) is 21.2 Å². The number of thiazole rings is 2. The lowest BCUT2D eigenvalue weighted by Crippen LogP contribution is -2.11. The molecule has 8 nitrogen and oxygen atoms in total. The van der Waals surface area contributed by atoms with E-state index < -0.39 is 4.92 Å². The normalized spacial score (nSPS) is 10.6. The maximum Gasteiger partial charge on any atom is 0.292 e. The van der Waals surface area contributed by atoms with Gasteiger partial charge in [0.15, 0.2) is 10.3 Å². The lowest BCUT2D eigenvalue weighted by molar-refractivity contribution is -0.383. The van der Waals surface area contributed by atoms with Gasteiger partial charge in [0.1, 0.15) is 5.69 Å². The topological polar surface area (TPSA) is 110 Å². The zero-order valence-electron chi connectivity index (χ0n) is 15.7. The Morgan fingerprint density at radius 2 is 1.77 bits per heavy atom. The molecule has 0 aliphatic carbocycles. The highest BCUT2D eigenvalue weighted by atomic mass is 32.1. The minimum Gasteiger partial charge on any atom is -0.326 e. The molecule has 0 saturated heterocycles. The standard InChI is InChI=1S/C20H15N5O3S2/c1-12-17(30-20(21-12)24-18(26)13-7-3-2-4-8-13)15-11-29-19(23-15)22-14-9-5-6-10-16(14)25(27)28/h2-11H,1H3,(H,22,23)(H,21,24,26). The minimum atomic E-state index is -0.439. The molecule has 0 aliphatic heterocycles. The number of carbonyl (C=O) groups excluding carboxylic acids is 1. The smallest absolute Gasteiger partial charge is 0.292 e. The fraction of sp³-hybridized carbons (Fsp3) is 0.0500. The van der Waals surface area contributed by atoms with Crippen molar-refractivity contribution in [3.63, 3.8) is 0 Å². The van der Waals surface area contributed by atoms with Crippen molar-refractivity contribution < 1.29 is 9.72 Å². The van der Waals surface area contributed by atoms with Gasteiger partial charge in [-0.2, -0.15) is 0 Å². The number of aryl methyl sites for hydroxylation is 1. The van der Waals surface area contributed by atoms with E-state index in [9.17, 15) is 14.9 Å². The molecule has 0 atom stereocenters. The van der Waals surface area contributed by atoms with Crippen molar-refractivity contribution in [2.75, 3.05) is 10.6 Å².